The number of nitrogens with zero attached hydrogens (tertiary/aromatic N) is 1. The summed E-state index contributed by atoms with van der Waals surface area (Å²) in [5.74, 6) is -0.315. The fourth-order valence-electron chi connectivity index (χ4n) is 2.05. The highest BCUT2D eigenvalue weighted by atomic mass is 35.5. The molecule has 0 aromatic heterocycles. The van der Waals surface area contributed by atoms with Crippen molar-refractivity contribution < 1.29 is 23.8 Å². The molecule has 0 saturated carbocycles. The number of amides is 1. The van der Waals surface area contributed by atoms with Gasteiger partial charge >= 0.3 is 5.97 Å². The van der Waals surface area contributed by atoms with Crippen molar-refractivity contribution in [2.24, 2.45) is 0 Å². The highest BCUT2D eigenvalue weighted by molar-refractivity contribution is 6.32. The molecule has 1 amide bonds. The average molecular weight is 389 g/mol. The van der Waals surface area contributed by atoms with E-state index in [-0.39, 0.29) is 11.6 Å². The Balaban J connectivity index is 1.79. The van der Waals surface area contributed by atoms with Crippen molar-refractivity contribution in [1.82, 2.24) is 0 Å². The summed E-state index contributed by atoms with van der Waals surface area (Å²) in [6.07, 6.45) is 0. The Morgan fingerprint density at radius 2 is 1.81 bits per heavy atom. The van der Waals surface area contributed by atoms with Crippen LogP contribution < -0.4 is 14.8 Å². The molecule has 0 atom stereocenters. The van der Waals surface area contributed by atoms with Crippen LogP contribution in [0.2, 0.25) is 5.02 Å². The van der Waals surface area contributed by atoms with Gasteiger partial charge in [-0.1, -0.05) is 23.7 Å². The summed E-state index contributed by atoms with van der Waals surface area (Å²) in [4.78, 5) is 23.6. The zero-order valence-electron chi connectivity index (χ0n) is 14.5. The molecule has 0 spiro atoms. The number of carbonyl (C=O) groups excluding carboxylic acids is 2. The topological polar surface area (TPSA) is 97.7 Å². The Kier molecular flexibility index (Phi) is 7.47. The molecule has 27 heavy (non-hydrogen) atoms. The van der Waals surface area contributed by atoms with E-state index in [1.807, 2.05) is 13.0 Å². The van der Waals surface area contributed by atoms with Gasteiger partial charge in [-0.2, -0.15) is 5.26 Å². The molecule has 0 unspecified atom stereocenters. The molecule has 140 valence electrons. The smallest absolute Gasteiger partial charge is 0.344 e. The molecule has 0 saturated heterocycles. The standard InChI is InChI=1S/C19H17ClN2O5/c1-2-25-16-5-3-4-6-17(16)26-12-19(24)27-11-18(23)22-14-8-7-13(10-21)15(20)9-14/h3-9H,2,11-12H2,1H3,(H,22,23). The molecule has 7 nitrogen and oxygen atoms in total. The first-order chi connectivity index (χ1) is 13.0. The van der Waals surface area contributed by atoms with Gasteiger partial charge in [0.05, 0.1) is 17.2 Å². The van der Waals surface area contributed by atoms with Crippen molar-refractivity contribution in [3.8, 4) is 17.6 Å². The van der Waals surface area contributed by atoms with Crippen molar-refractivity contribution in [3.63, 3.8) is 0 Å². The van der Waals surface area contributed by atoms with Crippen LogP contribution in [0.4, 0.5) is 5.69 Å². The van der Waals surface area contributed by atoms with E-state index in [1.165, 1.54) is 18.2 Å². The van der Waals surface area contributed by atoms with E-state index >= 15 is 0 Å². The Labute approximate surface area is 161 Å². The first-order valence-electron chi connectivity index (χ1n) is 8.03. The third kappa shape index (κ3) is 6.20. The van der Waals surface area contributed by atoms with Gasteiger partial charge in [0.15, 0.2) is 24.7 Å². The molecule has 2 rings (SSSR count). The van der Waals surface area contributed by atoms with Gasteiger partial charge in [-0.25, -0.2) is 4.79 Å². The lowest BCUT2D eigenvalue weighted by Crippen LogP contribution is -2.23. The molecule has 2 aromatic carbocycles. The van der Waals surface area contributed by atoms with Gasteiger partial charge in [0.25, 0.3) is 5.91 Å². The first kappa shape index (κ1) is 20.1. The predicted molar refractivity (Wildman–Crippen MR) is 98.9 cm³/mol. The minimum absolute atomic E-state index is 0.216. The van der Waals surface area contributed by atoms with E-state index in [4.69, 9.17) is 31.1 Å². The monoisotopic (exact) mass is 388 g/mol. The fraction of sp³-hybridized carbons (Fsp3) is 0.211. The second kappa shape index (κ2) is 10.0. The van der Waals surface area contributed by atoms with Crippen molar-refractivity contribution in [2.75, 3.05) is 25.1 Å². The van der Waals surface area contributed by atoms with Crippen LogP contribution in [0, 0.1) is 11.3 Å². The quantitative estimate of drug-likeness (QED) is 0.697. The number of esters is 1. The highest BCUT2D eigenvalue weighted by Crippen LogP contribution is 2.26. The molecule has 0 bridgehead atoms. The molecule has 2 aromatic rings. The number of rotatable bonds is 8. The molecule has 0 fully saturated rings. The molecular weight excluding hydrogens is 372 g/mol. The van der Waals surface area contributed by atoms with E-state index in [0.717, 1.165) is 0 Å². The third-order valence-electron chi connectivity index (χ3n) is 3.23. The summed E-state index contributed by atoms with van der Waals surface area (Å²) in [5.41, 5.74) is 0.688. The summed E-state index contributed by atoms with van der Waals surface area (Å²) < 4.78 is 15.6. The van der Waals surface area contributed by atoms with Gasteiger partial charge in [0, 0.05) is 5.69 Å². The maximum absolute atomic E-state index is 11.8. The lowest BCUT2D eigenvalue weighted by molar-refractivity contribution is -0.149. The predicted octanol–water partition coefficient (Wildman–Crippen LogP) is 3.17. The van der Waals surface area contributed by atoms with E-state index in [9.17, 15) is 9.59 Å². The zero-order chi connectivity index (χ0) is 19.6. The Morgan fingerprint density at radius 1 is 1.11 bits per heavy atom. The number of nitriles is 1. The van der Waals surface area contributed by atoms with Crippen LogP contribution >= 0.6 is 11.6 Å². The van der Waals surface area contributed by atoms with Crippen molar-refractivity contribution in [2.45, 2.75) is 6.92 Å². The van der Waals surface area contributed by atoms with Crippen LogP contribution in [0.25, 0.3) is 0 Å². The minimum atomic E-state index is -0.700. The van der Waals surface area contributed by atoms with Crippen molar-refractivity contribution in [3.05, 3.63) is 53.1 Å². The number of anilines is 1. The maximum atomic E-state index is 11.8. The third-order valence-corrected chi connectivity index (χ3v) is 3.54. The van der Waals surface area contributed by atoms with Crippen LogP contribution in [0.15, 0.2) is 42.5 Å². The number of nitrogens with one attached hydrogen (secondary N) is 1. The lowest BCUT2D eigenvalue weighted by Gasteiger charge is -2.11. The van der Waals surface area contributed by atoms with Crippen LogP contribution in [0.3, 0.4) is 0 Å². The minimum Gasteiger partial charge on any atom is -0.490 e. The van der Waals surface area contributed by atoms with E-state index in [0.29, 0.717) is 29.4 Å². The zero-order valence-corrected chi connectivity index (χ0v) is 15.3. The second-order valence-corrected chi connectivity index (χ2v) is 5.59. The van der Waals surface area contributed by atoms with Gasteiger partial charge in [0.1, 0.15) is 6.07 Å². The van der Waals surface area contributed by atoms with E-state index in [1.54, 1.807) is 24.3 Å². The Bertz CT molecular complexity index is 863. The molecule has 0 aliphatic rings. The highest BCUT2D eigenvalue weighted by Gasteiger charge is 2.11. The summed E-state index contributed by atoms with van der Waals surface area (Å²) in [7, 11) is 0. The number of carbonyl (C=O) groups is 2. The van der Waals surface area contributed by atoms with E-state index in [2.05, 4.69) is 5.32 Å². The summed E-state index contributed by atoms with van der Waals surface area (Å²) in [5, 5.41) is 11.6. The van der Waals surface area contributed by atoms with Crippen LogP contribution in [-0.4, -0.2) is 31.7 Å². The van der Waals surface area contributed by atoms with Gasteiger partial charge in [0.2, 0.25) is 0 Å². The number of benzene rings is 2. The normalized spacial score (nSPS) is 9.81. The van der Waals surface area contributed by atoms with Crippen molar-refractivity contribution in [1.29, 1.82) is 5.26 Å². The number of hydrogen-bond donors (Lipinski definition) is 1. The molecule has 0 radical (unpaired) electrons. The fourth-order valence-corrected chi connectivity index (χ4v) is 2.27. The Morgan fingerprint density at radius 3 is 2.44 bits per heavy atom. The lowest BCUT2D eigenvalue weighted by atomic mass is 10.2. The SMILES string of the molecule is CCOc1ccccc1OCC(=O)OCC(=O)Nc1ccc(C#N)c(Cl)c1. The van der Waals surface area contributed by atoms with Crippen LogP contribution in [-0.2, 0) is 14.3 Å². The second-order valence-electron chi connectivity index (χ2n) is 5.18. The average Bonchev–Trinajstić information content (AvgIpc) is 2.66. The molecule has 8 heteroatoms. The Hall–Kier alpha value is -3.24. The van der Waals surface area contributed by atoms with Gasteiger partial charge in [-0.3, -0.25) is 4.79 Å². The number of para-hydroxylation sites is 2. The summed E-state index contributed by atoms with van der Waals surface area (Å²) in [6, 6.07) is 13.3. The molecule has 1 N–H and O–H groups in total. The molecular formula is C19H17ClN2O5. The molecule has 0 heterocycles. The van der Waals surface area contributed by atoms with Crippen LogP contribution in [0.5, 0.6) is 11.5 Å². The van der Waals surface area contributed by atoms with Crippen molar-refractivity contribution >= 4 is 29.2 Å². The summed E-state index contributed by atoms with van der Waals surface area (Å²) in [6.45, 7) is 1.46. The number of halogens is 1. The largest absolute Gasteiger partial charge is 0.490 e. The first-order valence-corrected chi connectivity index (χ1v) is 8.41. The number of ether oxygens (including phenoxy) is 3. The van der Waals surface area contributed by atoms with Gasteiger partial charge in [-0.05, 0) is 37.3 Å². The van der Waals surface area contributed by atoms with Gasteiger partial charge < -0.3 is 19.5 Å². The summed E-state index contributed by atoms with van der Waals surface area (Å²) >= 11 is 5.89. The van der Waals surface area contributed by atoms with Gasteiger partial charge in [-0.15, -0.1) is 0 Å². The van der Waals surface area contributed by atoms with Crippen LogP contribution in [0.1, 0.15) is 12.5 Å². The molecule has 0 aliphatic carbocycles. The maximum Gasteiger partial charge on any atom is 0.344 e. The number of hydrogen-bond acceptors (Lipinski definition) is 6. The van der Waals surface area contributed by atoms with E-state index < -0.39 is 18.5 Å². The molecule has 0 aliphatic heterocycles.